The zero-order valence-electron chi connectivity index (χ0n) is 11.6. The summed E-state index contributed by atoms with van der Waals surface area (Å²) in [6.45, 7) is 0.542. The van der Waals surface area contributed by atoms with Crippen LogP contribution in [-0.4, -0.2) is 31.5 Å². The highest BCUT2D eigenvalue weighted by atomic mass is 32.1. The van der Waals surface area contributed by atoms with Crippen molar-refractivity contribution in [2.24, 2.45) is 5.73 Å². The van der Waals surface area contributed by atoms with Gasteiger partial charge in [-0.25, -0.2) is 4.98 Å². The lowest BCUT2D eigenvalue weighted by molar-refractivity contribution is 0.102. The van der Waals surface area contributed by atoms with Crippen molar-refractivity contribution in [2.75, 3.05) is 30.9 Å². The van der Waals surface area contributed by atoms with Crippen LogP contribution in [0.5, 0.6) is 0 Å². The number of hydrogen-bond donors (Lipinski definition) is 2. The highest BCUT2D eigenvalue weighted by Gasteiger charge is 2.10. The molecular formula is C14H18N4OS. The van der Waals surface area contributed by atoms with Crippen molar-refractivity contribution < 1.29 is 4.79 Å². The Morgan fingerprint density at radius 3 is 2.65 bits per heavy atom. The van der Waals surface area contributed by atoms with Crippen molar-refractivity contribution in [3.05, 3.63) is 40.3 Å². The molecule has 0 spiro atoms. The standard InChI is InChI=1S/C14H18N4OS/c1-18(2)11-5-3-10(4-6-11)16-14(19)12-9-20-13(17-12)7-8-15/h3-6,9H,7-8,15H2,1-2H3,(H,16,19). The molecule has 106 valence electrons. The molecule has 0 radical (unpaired) electrons. The van der Waals surface area contributed by atoms with E-state index in [4.69, 9.17) is 5.73 Å². The van der Waals surface area contributed by atoms with Crippen LogP contribution in [0.4, 0.5) is 11.4 Å². The largest absolute Gasteiger partial charge is 0.378 e. The predicted octanol–water partition coefficient (Wildman–Crippen LogP) is 1.96. The maximum absolute atomic E-state index is 12.0. The normalized spacial score (nSPS) is 10.3. The van der Waals surface area contributed by atoms with E-state index < -0.39 is 0 Å². The molecule has 1 aromatic heterocycles. The second-order valence-corrected chi connectivity index (χ2v) is 5.50. The van der Waals surface area contributed by atoms with Gasteiger partial charge in [-0.2, -0.15) is 0 Å². The number of thiazole rings is 1. The van der Waals surface area contributed by atoms with Crippen molar-refractivity contribution >= 4 is 28.6 Å². The van der Waals surface area contributed by atoms with E-state index in [1.54, 1.807) is 5.38 Å². The molecule has 0 saturated heterocycles. The summed E-state index contributed by atoms with van der Waals surface area (Å²) in [7, 11) is 3.95. The molecule has 1 amide bonds. The summed E-state index contributed by atoms with van der Waals surface area (Å²) in [5, 5.41) is 5.48. The van der Waals surface area contributed by atoms with Crippen LogP contribution in [0, 0.1) is 0 Å². The van der Waals surface area contributed by atoms with Crippen LogP contribution < -0.4 is 16.0 Å². The summed E-state index contributed by atoms with van der Waals surface area (Å²) < 4.78 is 0. The molecule has 0 atom stereocenters. The SMILES string of the molecule is CN(C)c1ccc(NC(=O)c2csc(CCN)n2)cc1. The molecule has 20 heavy (non-hydrogen) atoms. The highest BCUT2D eigenvalue weighted by molar-refractivity contribution is 7.09. The third kappa shape index (κ3) is 3.55. The van der Waals surface area contributed by atoms with Gasteiger partial charge in [0.05, 0.1) is 5.01 Å². The molecule has 2 aromatic rings. The molecular weight excluding hydrogens is 272 g/mol. The van der Waals surface area contributed by atoms with E-state index in [1.807, 2.05) is 43.3 Å². The summed E-state index contributed by atoms with van der Waals surface area (Å²) in [4.78, 5) is 18.3. The Bertz CT molecular complexity index is 577. The fraction of sp³-hybridized carbons (Fsp3) is 0.286. The molecule has 1 aromatic carbocycles. The number of nitrogens with zero attached hydrogens (tertiary/aromatic N) is 2. The fourth-order valence-electron chi connectivity index (χ4n) is 1.69. The van der Waals surface area contributed by atoms with E-state index in [-0.39, 0.29) is 5.91 Å². The molecule has 3 N–H and O–H groups in total. The van der Waals surface area contributed by atoms with Crippen LogP contribution in [0.1, 0.15) is 15.5 Å². The molecule has 2 rings (SSSR count). The number of carbonyl (C=O) groups is 1. The smallest absolute Gasteiger partial charge is 0.275 e. The van der Waals surface area contributed by atoms with Crippen molar-refractivity contribution in [2.45, 2.75) is 6.42 Å². The molecule has 0 aliphatic heterocycles. The molecule has 5 nitrogen and oxygen atoms in total. The maximum Gasteiger partial charge on any atom is 0.275 e. The Morgan fingerprint density at radius 1 is 1.35 bits per heavy atom. The van der Waals surface area contributed by atoms with Crippen molar-refractivity contribution in [1.82, 2.24) is 4.98 Å². The molecule has 1 heterocycles. The molecule has 0 bridgehead atoms. The summed E-state index contributed by atoms with van der Waals surface area (Å²) in [6, 6.07) is 7.66. The zero-order valence-corrected chi connectivity index (χ0v) is 12.4. The molecule has 0 fully saturated rings. The van der Waals surface area contributed by atoms with Gasteiger partial charge in [-0.3, -0.25) is 4.79 Å². The topological polar surface area (TPSA) is 71.2 Å². The molecule has 0 aliphatic carbocycles. The lowest BCUT2D eigenvalue weighted by atomic mass is 10.2. The van der Waals surface area contributed by atoms with Gasteiger partial charge in [-0.05, 0) is 30.8 Å². The highest BCUT2D eigenvalue weighted by Crippen LogP contribution is 2.17. The van der Waals surface area contributed by atoms with E-state index in [0.717, 1.165) is 16.4 Å². The third-order valence-electron chi connectivity index (χ3n) is 2.78. The van der Waals surface area contributed by atoms with Gasteiger partial charge in [0, 0.05) is 37.3 Å². The quantitative estimate of drug-likeness (QED) is 0.883. The van der Waals surface area contributed by atoms with E-state index >= 15 is 0 Å². The van der Waals surface area contributed by atoms with Crippen molar-refractivity contribution in [3.63, 3.8) is 0 Å². The number of amides is 1. The first-order valence-corrected chi connectivity index (χ1v) is 7.21. The fourth-order valence-corrected chi connectivity index (χ4v) is 2.49. The number of aromatic nitrogens is 1. The van der Waals surface area contributed by atoms with Gasteiger partial charge in [0.25, 0.3) is 5.91 Å². The van der Waals surface area contributed by atoms with Crippen LogP contribution in [0.15, 0.2) is 29.6 Å². The number of nitrogens with one attached hydrogen (secondary N) is 1. The van der Waals surface area contributed by atoms with Gasteiger partial charge in [-0.15, -0.1) is 11.3 Å². The van der Waals surface area contributed by atoms with Gasteiger partial charge < -0.3 is 16.0 Å². The van der Waals surface area contributed by atoms with Crippen LogP contribution in [0.3, 0.4) is 0 Å². The second-order valence-electron chi connectivity index (χ2n) is 4.56. The Hall–Kier alpha value is -1.92. The third-order valence-corrected chi connectivity index (χ3v) is 3.69. The zero-order chi connectivity index (χ0) is 14.5. The minimum Gasteiger partial charge on any atom is -0.378 e. The van der Waals surface area contributed by atoms with Crippen LogP contribution in [0.2, 0.25) is 0 Å². The van der Waals surface area contributed by atoms with Gasteiger partial charge >= 0.3 is 0 Å². The number of nitrogens with two attached hydrogens (primary N) is 1. The molecule has 6 heteroatoms. The first kappa shape index (κ1) is 14.5. The summed E-state index contributed by atoms with van der Waals surface area (Å²) in [5.41, 5.74) is 7.75. The number of rotatable bonds is 5. The summed E-state index contributed by atoms with van der Waals surface area (Å²) in [6.07, 6.45) is 0.704. The number of benzene rings is 1. The second kappa shape index (κ2) is 6.49. The van der Waals surface area contributed by atoms with E-state index in [2.05, 4.69) is 10.3 Å². The molecule has 0 aliphatic rings. The number of carbonyl (C=O) groups excluding carboxylic acids is 1. The predicted molar refractivity (Wildman–Crippen MR) is 83.6 cm³/mol. The maximum atomic E-state index is 12.0. The minimum atomic E-state index is -0.192. The summed E-state index contributed by atoms with van der Waals surface area (Å²) in [5.74, 6) is -0.192. The van der Waals surface area contributed by atoms with Crippen LogP contribution in [-0.2, 0) is 6.42 Å². The van der Waals surface area contributed by atoms with Crippen LogP contribution in [0.25, 0.3) is 0 Å². The van der Waals surface area contributed by atoms with Gasteiger partial charge in [0.2, 0.25) is 0 Å². The minimum absolute atomic E-state index is 0.192. The number of anilines is 2. The van der Waals surface area contributed by atoms with Crippen molar-refractivity contribution in [1.29, 1.82) is 0 Å². The first-order chi connectivity index (χ1) is 9.60. The Kier molecular flexibility index (Phi) is 4.70. The number of hydrogen-bond acceptors (Lipinski definition) is 5. The Morgan fingerprint density at radius 2 is 2.05 bits per heavy atom. The van der Waals surface area contributed by atoms with Gasteiger partial charge in [-0.1, -0.05) is 0 Å². The van der Waals surface area contributed by atoms with Gasteiger partial charge in [0.15, 0.2) is 0 Å². The lowest BCUT2D eigenvalue weighted by Crippen LogP contribution is -2.13. The van der Waals surface area contributed by atoms with E-state index in [0.29, 0.717) is 18.7 Å². The molecule has 0 saturated carbocycles. The molecule has 0 unspecified atom stereocenters. The summed E-state index contributed by atoms with van der Waals surface area (Å²) >= 11 is 1.46. The first-order valence-electron chi connectivity index (χ1n) is 6.33. The van der Waals surface area contributed by atoms with E-state index in [1.165, 1.54) is 11.3 Å². The Labute approximate surface area is 122 Å². The lowest BCUT2D eigenvalue weighted by Gasteiger charge is -2.12. The van der Waals surface area contributed by atoms with E-state index in [9.17, 15) is 4.79 Å². The van der Waals surface area contributed by atoms with Crippen LogP contribution >= 0.6 is 11.3 Å². The van der Waals surface area contributed by atoms with Crippen molar-refractivity contribution in [3.8, 4) is 0 Å². The average Bonchev–Trinajstić information content (AvgIpc) is 2.88. The Balaban J connectivity index is 2.03. The van der Waals surface area contributed by atoms with Gasteiger partial charge in [0.1, 0.15) is 5.69 Å². The average molecular weight is 290 g/mol. The monoisotopic (exact) mass is 290 g/mol.